The summed E-state index contributed by atoms with van der Waals surface area (Å²) in [5, 5.41) is 3.17. The molecule has 0 bridgehead atoms. The average molecular weight is 375 g/mol. The van der Waals surface area contributed by atoms with Crippen LogP contribution < -0.4 is 10.1 Å². The Morgan fingerprint density at radius 3 is 2.35 bits per heavy atom. The summed E-state index contributed by atoms with van der Waals surface area (Å²) >= 11 is 0. The number of hydrogen-bond donors (Lipinski definition) is 1. The van der Waals surface area contributed by atoms with Gasteiger partial charge in [-0.1, -0.05) is 18.2 Å². The van der Waals surface area contributed by atoms with Crippen molar-refractivity contribution in [3.8, 4) is 5.75 Å². The molecule has 1 aliphatic heterocycles. The van der Waals surface area contributed by atoms with E-state index in [9.17, 15) is 13.2 Å². The maximum atomic E-state index is 13.0. The van der Waals surface area contributed by atoms with Gasteiger partial charge in [0.25, 0.3) is 0 Å². The minimum Gasteiger partial charge on any atom is -0.494 e. The summed E-state index contributed by atoms with van der Waals surface area (Å²) < 4.78 is 44.5. The van der Waals surface area contributed by atoms with Crippen LogP contribution in [0.4, 0.5) is 13.2 Å². The molecular weight excluding hydrogens is 352 g/mol. The summed E-state index contributed by atoms with van der Waals surface area (Å²) in [6, 6.07) is 6.35. The minimum atomic E-state index is -4.20. The largest absolute Gasteiger partial charge is 0.494 e. The van der Waals surface area contributed by atoms with Crippen LogP contribution in [0.5, 0.6) is 5.75 Å². The van der Waals surface area contributed by atoms with E-state index in [1.54, 1.807) is 24.3 Å². The van der Waals surface area contributed by atoms with Crippen molar-refractivity contribution in [2.75, 3.05) is 32.8 Å². The average Bonchev–Trinajstić information content (AvgIpc) is 2.46. The first-order chi connectivity index (χ1) is 10.0. The number of benzene rings is 1. The van der Waals surface area contributed by atoms with Crippen molar-refractivity contribution in [1.82, 2.24) is 10.2 Å². The van der Waals surface area contributed by atoms with Crippen molar-refractivity contribution in [2.45, 2.75) is 25.6 Å². The van der Waals surface area contributed by atoms with E-state index in [0.717, 1.165) is 0 Å². The van der Waals surface area contributed by atoms with Crippen LogP contribution in [0.3, 0.4) is 0 Å². The lowest BCUT2D eigenvalue weighted by molar-refractivity contribution is -0.148. The van der Waals surface area contributed by atoms with Gasteiger partial charge in [0, 0.05) is 37.8 Å². The number of piperazine rings is 1. The molecule has 1 heterocycles. The molecular formula is C15H23Cl2F3N2O. The Morgan fingerprint density at radius 1 is 1.17 bits per heavy atom. The number of halogens is 5. The van der Waals surface area contributed by atoms with E-state index in [2.05, 4.69) is 5.32 Å². The maximum Gasteiger partial charge on any atom is 0.390 e. The highest BCUT2D eigenvalue weighted by atomic mass is 35.5. The third kappa shape index (κ3) is 6.75. The standard InChI is InChI=1S/C15H21F3N2O.2ClH/c1-2-21-14-6-4-3-5-12(14)13(11-15(16,17)18)20-9-7-19-8-10-20;;/h3-6,13,19H,2,7-11H2,1H3;2*1H/t13-;;/m1../s1. The molecule has 1 saturated heterocycles. The molecule has 1 aliphatic rings. The van der Waals surface area contributed by atoms with E-state index in [-0.39, 0.29) is 24.8 Å². The zero-order chi connectivity index (χ0) is 15.3. The lowest BCUT2D eigenvalue weighted by atomic mass is 9.99. The normalized spacial score (nSPS) is 16.9. The van der Waals surface area contributed by atoms with Gasteiger partial charge in [0.15, 0.2) is 0 Å². The smallest absolute Gasteiger partial charge is 0.390 e. The van der Waals surface area contributed by atoms with Crippen LogP contribution in [0.1, 0.15) is 24.9 Å². The molecule has 0 saturated carbocycles. The summed E-state index contributed by atoms with van der Waals surface area (Å²) in [5.41, 5.74) is 0.624. The fourth-order valence-electron chi connectivity index (χ4n) is 2.69. The molecule has 1 fully saturated rings. The second kappa shape index (κ2) is 10.2. The Labute approximate surface area is 147 Å². The predicted octanol–water partition coefficient (Wildman–Crippen LogP) is 3.83. The molecule has 0 aromatic heterocycles. The van der Waals surface area contributed by atoms with Crippen LogP contribution in [0.2, 0.25) is 0 Å². The van der Waals surface area contributed by atoms with Gasteiger partial charge in [-0.25, -0.2) is 0 Å². The highest BCUT2D eigenvalue weighted by molar-refractivity contribution is 5.85. The predicted molar refractivity (Wildman–Crippen MR) is 90.0 cm³/mol. The minimum absolute atomic E-state index is 0. The Morgan fingerprint density at radius 2 is 1.78 bits per heavy atom. The van der Waals surface area contributed by atoms with Crippen molar-refractivity contribution in [3.63, 3.8) is 0 Å². The first-order valence-electron chi connectivity index (χ1n) is 7.24. The van der Waals surface area contributed by atoms with Gasteiger partial charge in [-0.15, -0.1) is 24.8 Å². The summed E-state index contributed by atoms with van der Waals surface area (Å²) in [4.78, 5) is 1.89. The number of para-hydroxylation sites is 1. The van der Waals surface area contributed by atoms with Gasteiger partial charge in [0.05, 0.1) is 13.0 Å². The van der Waals surface area contributed by atoms with Gasteiger partial charge in [-0.2, -0.15) is 13.2 Å². The van der Waals surface area contributed by atoms with Crippen LogP contribution in [-0.2, 0) is 0 Å². The third-order valence-electron chi connectivity index (χ3n) is 3.60. The summed E-state index contributed by atoms with van der Waals surface area (Å²) in [7, 11) is 0. The molecule has 8 heteroatoms. The van der Waals surface area contributed by atoms with Crippen molar-refractivity contribution < 1.29 is 17.9 Å². The lowest BCUT2D eigenvalue weighted by Gasteiger charge is -2.36. The van der Waals surface area contributed by atoms with Crippen LogP contribution in [0, 0.1) is 0 Å². The molecule has 0 aliphatic carbocycles. The zero-order valence-electron chi connectivity index (χ0n) is 12.9. The second-order valence-corrected chi connectivity index (χ2v) is 5.09. The quantitative estimate of drug-likeness (QED) is 0.847. The lowest BCUT2D eigenvalue weighted by Crippen LogP contribution is -2.46. The Bertz CT molecular complexity index is 455. The molecule has 2 rings (SSSR count). The van der Waals surface area contributed by atoms with Gasteiger partial charge in [-0.05, 0) is 13.0 Å². The molecule has 3 nitrogen and oxygen atoms in total. The molecule has 0 unspecified atom stereocenters. The summed E-state index contributed by atoms with van der Waals surface area (Å²) in [6.45, 7) is 4.93. The van der Waals surface area contributed by atoms with Gasteiger partial charge < -0.3 is 10.1 Å². The van der Waals surface area contributed by atoms with Crippen LogP contribution in [0.25, 0.3) is 0 Å². The van der Waals surface area contributed by atoms with E-state index < -0.39 is 18.6 Å². The van der Waals surface area contributed by atoms with E-state index in [1.165, 1.54) is 0 Å². The molecule has 1 aromatic rings. The van der Waals surface area contributed by atoms with Gasteiger partial charge >= 0.3 is 6.18 Å². The third-order valence-corrected chi connectivity index (χ3v) is 3.60. The molecule has 134 valence electrons. The first kappa shape index (κ1) is 22.3. The fourth-order valence-corrected chi connectivity index (χ4v) is 2.69. The number of nitrogens with one attached hydrogen (secondary N) is 1. The molecule has 23 heavy (non-hydrogen) atoms. The number of nitrogens with zero attached hydrogens (tertiary/aromatic N) is 1. The van der Waals surface area contributed by atoms with Crippen molar-refractivity contribution in [1.29, 1.82) is 0 Å². The van der Waals surface area contributed by atoms with E-state index in [1.807, 2.05) is 11.8 Å². The SMILES string of the molecule is CCOc1ccccc1[C@@H](CC(F)(F)F)N1CCNCC1.Cl.Cl. The Balaban J connectivity index is 0.00000242. The van der Waals surface area contributed by atoms with Gasteiger partial charge in [0.1, 0.15) is 5.75 Å². The van der Waals surface area contributed by atoms with Crippen LogP contribution in [0.15, 0.2) is 24.3 Å². The maximum absolute atomic E-state index is 13.0. The molecule has 0 spiro atoms. The zero-order valence-corrected chi connectivity index (χ0v) is 14.6. The van der Waals surface area contributed by atoms with Crippen molar-refractivity contribution >= 4 is 24.8 Å². The number of alkyl halides is 3. The number of hydrogen-bond acceptors (Lipinski definition) is 3. The molecule has 1 aromatic carbocycles. The number of rotatable bonds is 5. The molecule has 0 radical (unpaired) electrons. The molecule has 0 amide bonds. The second-order valence-electron chi connectivity index (χ2n) is 5.09. The Hall–Kier alpha value is -0.690. The van der Waals surface area contributed by atoms with Crippen LogP contribution >= 0.6 is 24.8 Å². The van der Waals surface area contributed by atoms with E-state index >= 15 is 0 Å². The highest BCUT2D eigenvalue weighted by Crippen LogP contribution is 2.37. The van der Waals surface area contributed by atoms with Gasteiger partial charge in [-0.3, -0.25) is 4.90 Å². The summed E-state index contributed by atoms with van der Waals surface area (Å²) in [6.07, 6.45) is -5.05. The van der Waals surface area contributed by atoms with Crippen molar-refractivity contribution in [2.24, 2.45) is 0 Å². The van der Waals surface area contributed by atoms with Crippen LogP contribution in [-0.4, -0.2) is 43.9 Å². The topological polar surface area (TPSA) is 24.5 Å². The number of ether oxygens (including phenoxy) is 1. The van der Waals surface area contributed by atoms with E-state index in [4.69, 9.17) is 4.74 Å². The summed E-state index contributed by atoms with van der Waals surface area (Å²) in [5.74, 6) is 0.549. The highest BCUT2D eigenvalue weighted by Gasteiger charge is 2.37. The first-order valence-corrected chi connectivity index (χ1v) is 7.24. The Kier molecular flexibility index (Phi) is 9.93. The van der Waals surface area contributed by atoms with Crippen molar-refractivity contribution in [3.05, 3.63) is 29.8 Å². The van der Waals surface area contributed by atoms with E-state index in [0.29, 0.717) is 44.1 Å². The van der Waals surface area contributed by atoms with Gasteiger partial charge in [0.2, 0.25) is 0 Å². The monoisotopic (exact) mass is 374 g/mol. The molecule has 1 N–H and O–H groups in total. The molecule has 1 atom stereocenters. The fraction of sp³-hybridized carbons (Fsp3) is 0.600.